The first-order chi connectivity index (χ1) is 9.66. The average molecular weight is 291 g/mol. The molecule has 1 fully saturated rings. The van der Waals surface area contributed by atoms with E-state index in [-0.39, 0.29) is 11.9 Å². The minimum absolute atomic E-state index is 0.169. The second-order valence-corrected chi connectivity index (χ2v) is 5.84. The monoisotopic (exact) mass is 291 g/mol. The normalized spacial score (nSPS) is 22.1. The summed E-state index contributed by atoms with van der Waals surface area (Å²) in [7, 11) is 0. The summed E-state index contributed by atoms with van der Waals surface area (Å²) in [5, 5.41) is 11.4. The average Bonchev–Trinajstić information content (AvgIpc) is 3.08. The van der Waals surface area contributed by atoms with Gasteiger partial charge < -0.3 is 10.0 Å². The van der Waals surface area contributed by atoms with E-state index in [1.165, 1.54) is 12.1 Å². The molecule has 0 spiro atoms. The molecule has 0 radical (unpaired) electrons. The third-order valence-electron chi connectivity index (χ3n) is 3.71. The van der Waals surface area contributed by atoms with Crippen molar-refractivity contribution < 1.29 is 14.3 Å². The Kier molecular flexibility index (Phi) is 3.44. The van der Waals surface area contributed by atoms with Crippen LogP contribution in [-0.4, -0.2) is 17.6 Å². The number of halogens is 1. The van der Waals surface area contributed by atoms with Crippen molar-refractivity contribution in [2.45, 2.75) is 12.5 Å². The van der Waals surface area contributed by atoms with Crippen LogP contribution in [-0.2, 0) is 4.79 Å². The number of nitrogens with zero attached hydrogens (tertiary/aromatic N) is 1. The smallest absolute Gasteiger partial charge is 0.309 e. The Morgan fingerprint density at radius 1 is 1.30 bits per heavy atom. The molecule has 1 aromatic heterocycles. The lowest BCUT2D eigenvalue weighted by Crippen LogP contribution is -2.27. The highest BCUT2D eigenvalue weighted by molar-refractivity contribution is 7.10. The predicted molar refractivity (Wildman–Crippen MR) is 76.5 cm³/mol. The molecule has 1 N–H and O–H groups in total. The van der Waals surface area contributed by atoms with Crippen molar-refractivity contribution in [3.63, 3.8) is 0 Å². The van der Waals surface area contributed by atoms with Crippen LogP contribution in [0, 0.1) is 11.7 Å². The third-order valence-corrected chi connectivity index (χ3v) is 4.65. The molecule has 3 nitrogen and oxygen atoms in total. The quantitative estimate of drug-likeness (QED) is 0.940. The van der Waals surface area contributed by atoms with Crippen LogP contribution >= 0.6 is 11.3 Å². The van der Waals surface area contributed by atoms with Crippen molar-refractivity contribution in [1.82, 2.24) is 0 Å². The van der Waals surface area contributed by atoms with E-state index in [0.717, 1.165) is 10.6 Å². The number of carboxylic acids is 1. The highest BCUT2D eigenvalue weighted by atomic mass is 32.1. The van der Waals surface area contributed by atoms with Gasteiger partial charge >= 0.3 is 5.97 Å². The van der Waals surface area contributed by atoms with Gasteiger partial charge in [0.05, 0.1) is 12.0 Å². The summed E-state index contributed by atoms with van der Waals surface area (Å²) in [4.78, 5) is 14.6. The van der Waals surface area contributed by atoms with Crippen molar-refractivity contribution in [1.29, 1.82) is 0 Å². The molecule has 0 saturated carbocycles. The van der Waals surface area contributed by atoms with Crippen LogP contribution in [0.5, 0.6) is 0 Å². The molecule has 0 bridgehead atoms. The molecule has 2 atom stereocenters. The maximum absolute atomic E-state index is 13.0. The summed E-state index contributed by atoms with van der Waals surface area (Å²) in [5.74, 6) is -1.47. The highest BCUT2D eigenvalue weighted by Crippen LogP contribution is 2.42. The number of hydrogen-bond donors (Lipinski definition) is 1. The Labute approximate surface area is 120 Å². The third kappa shape index (κ3) is 2.29. The van der Waals surface area contributed by atoms with Crippen molar-refractivity contribution in [3.05, 3.63) is 52.5 Å². The second kappa shape index (κ2) is 5.25. The highest BCUT2D eigenvalue weighted by Gasteiger charge is 2.40. The van der Waals surface area contributed by atoms with Gasteiger partial charge in [0.1, 0.15) is 5.82 Å². The van der Waals surface area contributed by atoms with E-state index in [9.17, 15) is 14.3 Å². The first-order valence-corrected chi connectivity index (χ1v) is 7.33. The van der Waals surface area contributed by atoms with Gasteiger partial charge in [-0.2, -0.15) is 0 Å². The molecule has 104 valence electrons. The van der Waals surface area contributed by atoms with E-state index >= 15 is 0 Å². The van der Waals surface area contributed by atoms with E-state index < -0.39 is 11.9 Å². The summed E-state index contributed by atoms with van der Waals surface area (Å²) in [6, 6.07) is 9.97. The Bertz CT molecular complexity index is 597. The van der Waals surface area contributed by atoms with Crippen LogP contribution in [0.1, 0.15) is 17.3 Å². The molecule has 1 saturated heterocycles. The maximum Gasteiger partial charge on any atom is 0.309 e. The van der Waals surface area contributed by atoms with Crippen molar-refractivity contribution >= 4 is 23.0 Å². The van der Waals surface area contributed by atoms with Gasteiger partial charge in [-0.1, -0.05) is 6.07 Å². The Balaban J connectivity index is 1.97. The van der Waals surface area contributed by atoms with E-state index in [2.05, 4.69) is 4.90 Å². The van der Waals surface area contributed by atoms with Gasteiger partial charge in [0.15, 0.2) is 0 Å². The molecule has 0 amide bonds. The fraction of sp³-hybridized carbons (Fsp3) is 0.267. The largest absolute Gasteiger partial charge is 0.481 e. The van der Waals surface area contributed by atoms with Gasteiger partial charge in [0.2, 0.25) is 0 Å². The summed E-state index contributed by atoms with van der Waals surface area (Å²) in [6.07, 6.45) is 0.606. The summed E-state index contributed by atoms with van der Waals surface area (Å²) >= 11 is 1.56. The van der Waals surface area contributed by atoms with Crippen LogP contribution < -0.4 is 4.90 Å². The predicted octanol–water partition coefficient (Wildman–Crippen LogP) is 3.54. The molecule has 2 heterocycles. The van der Waals surface area contributed by atoms with E-state index in [1.807, 2.05) is 17.5 Å². The fourth-order valence-corrected chi connectivity index (χ4v) is 3.69. The van der Waals surface area contributed by atoms with Crippen molar-refractivity contribution in [3.8, 4) is 0 Å². The second-order valence-electron chi connectivity index (χ2n) is 4.86. The Morgan fingerprint density at radius 2 is 2.05 bits per heavy atom. The molecule has 1 aliphatic rings. The van der Waals surface area contributed by atoms with E-state index in [1.54, 1.807) is 23.5 Å². The molecule has 0 aliphatic carbocycles. The van der Waals surface area contributed by atoms with Crippen LogP contribution in [0.2, 0.25) is 0 Å². The molecule has 1 aliphatic heterocycles. The lowest BCUT2D eigenvalue weighted by Gasteiger charge is -2.28. The first kappa shape index (κ1) is 13.1. The van der Waals surface area contributed by atoms with E-state index in [4.69, 9.17) is 0 Å². The van der Waals surface area contributed by atoms with Gasteiger partial charge in [-0.25, -0.2) is 4.39 Å². The zero-order chi connectivity index (χ0) is 14.1. The number of aliphatic carboxylic acids is 1. The first-order valence-electron chi connectivity index (χ1n) is 6.45. The van der Waals surface area contributed by atoms with Gasteiger partial charge in [-0.05, 0) is 42.1 Å². The number of carbonyl (C=O) groups is 1. The summed E-state index contributed by atoms with van der Waals surface area (Å²) in [5.41, 5.74) is 0.869. The lowest BCUT2D eigenvalue weighted by atomic mass is 9.99. The zero-order valence-electron chi connectivity index (χ0n) is 10.7. The molecule has 3 rings (SSSR count). The Hall–Kier alpha value is -1.88. The summed E-state index contributed by atoms with van der Waals surface area (Å²) in [6.45, 7) is 0.672. The molecule has 20 heavy (non-hydrogen) atoms. The number of anilines is 1. The molecule has 5 heteroatoms. The fourth-order valence-electron chi connectivity index (χ4n) is 2.78. The van der Waals surface area contributed by atoms with Crippen LogP contribution in [0.4, 0.5) is 10.1 Å². The standard InChI is InChI=1S/C15H14FNO2S/c16-10-3-5-11(6-4-10)17-8-7-12(15(18)19)14(17)13-2-1-9-20-13/h1-6,9,12,14H,7-8H2,(H,18,19). The van der Waals surface area contributed by atoms with Crippen LogP contribution in [0.3, 0.4) is 0 Å². The maximum atomic E-state index is 13.0. The zero-order valence-corrected chi connectivity index (χ0v) is 11.5. The Morgan fingerprint density at radius 3 is 2.65 bits per heavy atom. The summed E-state index contributed by atoms with van der Waals surface area (Å²) < 4.78 is 13.0. The van der Waals surface area contributed by atoms with Crippen LogP contribution in [0.15, 0.2) is 41.8 Å². The molecule has 1 aromatic carbocycles. The van der Waals surface area contributed by atoms with Crippen molar-refractivity contribution in [2.24, 2.45) is 5.92 Å². The van der Waals surface area contributed by atoms with Gasteiger partial charge in [-0.15, -0.1) is 11.3 Å². The minimum Gasteiger partial charge on any atom is -0.481 e. The topological polar surface area (TPSA) is 40.5 Å². The van der Waals surface area contributed by atoms with E-state index in [0.29, 0.717) is 13.0 Å². The molecular formula is C15H14FNO2S. The number of hydrogen-bond acceptors (Lipinski definition) is 3. The van der Waals surface area contributed by atoms with Gasteiger partial charge in [-0.3, -0.25) is 4.79 Å². The van der Waals surface area contributed by atoms with Crippen LogP contribution in [0.25, 0.3) is 0 Å². The molecule has 2 aromatic rings. The lowest BCUT2D eigenvalue weighted by molar-refractivity contribution is -0.141. The van der Waals surface area contributed by atoms with Crippen molar-refractivity contribution in [2.75, 3.05) is 11.4 Å². The number of thiophene rings is 1. The van der Waals surface area contributed by atoms with Gasteiger partial charge in [0.25, 0.3) is 0 Å². The number of benzene rings is 1. The molecular weight excluding hydrogens is 277 g/mol. The number of rotatable bonds is 3. The van der Waals surface area contributed by atoms with Gasteiger partial charge in [0, 0.05) is 17.1 Å². The SMILES string of the molecule is O=C(O)C1CCN(c2ccc(F)cc2)C1c1cccs1. The minimum atomic E-state index is -0.770. The molecule has 2 unspecified atom stereocenters. The number of carboxylic acid groups (broad SMARTS) is 1.